The van der Waals surface area contributed by atoms with Gasteiger partial charge in [0.2, 0.25) is 0 Å². The molecule has 2 N–H and O–H groups in total. The summed E-state index contributed by atoms with van der Waals surface area (Å²) in [6, 6.07) is 4.16. The van der Waals surface area contributed by atoms with Gasteiger partial charge in [-0.05, 0) is 31.4 Å². The Balaban J connectivity index is 2.12. The summed E-state index contributed by atoms with van der Waals surface area (Å²) in [5, 5.41) is 0. The van der Waals surface area contributed by atoms with E-state index in [2.05, 4.69) is 29.9 Å². The van der Waals surface area contributed by atoms with Crippen LogP contribution in [0.4, 0.5) is 5.82 Å². The minimum Gasteiger partial charge on any atom is -0.383 e. The Morgan fingerprint density at radius 1 is 1.25 bits per heavy atom. The molecule has 0 saturated heterocycles. The van der Waals surface area contributed by atoms with Crippen molar-refractivity contribution in [3.8, 4) is 0 Å². The summed E-state index contributed by atoms with van der Waals surface area (Å²) in [5.74, 6) is 1.96. The van der Waals surface area contributed by atoms with Crippen LogP contribution in [0.1, 0.15) is 60.4 Å². The largest absolute Gasteiger partial charge is 0.383 e. The molecule has 1 unspecified atom stereocenters. The van der Waals surface area contributed by atoms with Gasteiger partial charge in [0.05, 0.1) is 11.4 Å². The second-order valence-corrected chi connectivity index (χ2v) is 5.77. The van der Waals surface area contributed by atoms with E-state index in [0.29, 0.717) is 5.82 Å². The number of nitrogen functional groups attached to an aromatic ring is 1. The van der Waals surface area contributed by atoms with Gasteiger partial charge in [0.15, 0.2) is 0 Å². The maximum Gasteiger partial charge on any atom is 0.133 e. The molecule has 0 bridgehead atoms. The maximum absolute atomic E-state index is 6.08. The lowest BCUT2D eigenvalue weighted by atomic mass is 9.98. The fraction of sp³-hybridized carbons (Fsp3) is 0.438. The van der Waals surface area contributed by atoms with Crippen LogP contribution in [0.15, 0.2) is 18.3 Å². The maximum atomic E-state index is 6.08. The Labute approximate surface area is 119 Å². The number of anilines is 1. The minimum absolute atomic E-state index is 0.258. The third kappa shape index (κ3) is 2.05. The second kappa shape index (κ2) is 4.85. The number of aromatic nitrogens is 3. The highest BCUT2D eigenvalue weighted by molar-refractivity contribution is 5.47. The van der Waals surface area contributed by atoms with Gasteiger partial charge in [0.25, 0.3) is 0 Å². The molecule has 2 aromatic rings. The van der Waals surface area contributed by atoms with Gasteiger partial charge in [-0.2, -0.15) is 0 Å². The summed E-state index contributed by atoms with van der Waals surface area (Å²) in [5.41, 5.74) is 10.6. The van der Waals surface area contributed by atoms with Gasteiger partial charge in [-0.15, -0.1) is 0 Å². The SMILES string of the molecule is Cc1c(N)nc(C(C)C)nc1C1CCc2cccnc21. The fourth-order valence-electron chi connectivity index (χ4n) is 2.85. The van der Waals surface area contributed by atoms with Crippen molar-refractivity contribution in [3.05, 3.63) is 46.7 Å². The van der Waals surface area contributed by atoms with Crippen LogP contribution in [0.5, 0.6) is 0 Å². The number of aryl methyl sites for hydroxylation is 1. The lowest BCUT2D eigenvalue weighted by Gasteiger charge is -2.16. The van der Waals surface area contributed by atoms with Crippen molar-refractivity contribution in [1.82, 2.24) is 15.0 Å². The Morgan fingerprint density at radius 2 is 2.05 bits per heavy atom. The van der Waals surface area contributed by atoms with Crippen molar-refractivity contribution in [1.29, 1.82) is 0 Å². The van der Waals surface area contributed by atoms with Gasteiger partial charge in [0, 0.05) is 23.6 Å². The molecule has 0 aliphatic heterocycles. The van der Waals surface area contributed by atoms with Crippen molar-refractivity contribution in [3.63, 3.8) is 0 Å². The molecule has 20 heavy (non-hydrogen) atoms. The van der Waals surface area contributed by atoms with Crippen molar-refractivity contribution in [2.45, 2.75) is 45.4 Å². The summed E-state index contributed by atoms with van der Waals surface area (Å²) in [7, 11) is 0. The number of nitrogens with two attached hydrogens (primary N) is 1. The highest BCUT2D eigenvalue weighted by atomic mass is 15.0. The van der Waals surface area contributed by atoms with E-state index in [4.69, 9.17) is 10.7 Å². The predicted octanol–water partition coefficient (Wildman–Crippen LogP) is 2.96. The van der Waals surface area contributed by atoms with E-state index in [1.807, 2.05) is 19.2 Å². The van der Waals surface area contributed by atoms with Crippen LogP contribution in [0.2, 0.25) is 0 Å². The molecule has 0 spiro atoms. The van der Waals surface area contributed by atoms with E-state index in [-0.39, 0.29) is 11.8 Å². The molecule has 1 aliphatic rings. The first-order chi connectivity index (χ1) is 9.58. The summed E-state index contributed by atoms with van der Waals surface area (Å²) in [6.07, 6.45) is 3.98. The summed E-state index contributed by atoms with van der Waals surface area (Å²) >= 11 is 0. The normalized spacial score (nSPS) is 17.5. The zero-order chi connectivity index (χ0) is 14.3. The van der Waals surface area contributed by atoms with E-state index in [9.17, 15) is 0 Å². The topological polar surface area (TPSA) is 64.7 Å². The molecule has 0 amide bonds. The second-order valence-electron chi connectivity index (χ2n) is 5.77. The number of rotatable bonds is 2. The summed E-state index contributed by atoms with van der Waals surface area (Å²) in [6.45, 7) is 6.19. The van der Waals surface area contributed by atoms with Gasteiger partial charge in [0.1, 0.15) is 11.6 Å². The Kier molecular flexibility index (Phi) is 3.16. The molecule has 0 saturated carbocycles. The molecule has 0 fully saturated rings. The first-order valence-corrected chi connectivity index (χ1v) is 7.15. The molecule has 4 heteroatoms. The Hall–Kier alpha value is -1.97. The van der Waals surface area contributed by atoms with E-state index < -0.39 is 0 Å². The molecular weight excluding hydrogens is 248 g/mol. The summed E-state index contributed by atoms with van der Waals surface area (Å²) < 4.78 is 0. The van der Waals surface area contributed by atoms with Crippen LogP contribution in [-0.4, -0.2) is 15.0 Å². The molecule has 3 rings (SSSR count). The quantitative estimate of drug-likeness (QED) is 0.909. The van der Waals surface area contributed by atoms with Gasteiger partial charge in [-0.1, -0.05) is 19.9 Å². The number of pyridine rings is 1. The average Bonchev–Trinajstić information content (AvgIpc) is 2.85. The van der Waals surface area contributed by atoms with E-state index in [1.165, 1.54) is 5.56 Å². The van der Waals surface area contributed by atoms with Crippen molar-refractivity contribution in [2.24, 2.45) is 0 Å². The minimum atomic E-state index is 0.258. The lowest BCUT2D eigenvalue weighted by molar-refractivity contribution is 0.698. The number of fused-ring (bicyclic) bond motifs is 1. The van der Waals surface area contributed by atoms with Crippen LogP contribution in [0.25, 0.3) is 0 Å². The molecule has 0 radical (unpaired) electrons. The Bertz CT molecular complexity index is 649. The van der Waals surface area contributed by atoms with Gasteiger partial charge in [-0.25, -0.2) is 9.97 Å². The molecule has 1 aliphatic carbocycles. The van der Waals surface area contributed by atoms with Crippen LogP contribution >= 0.6 is 0 Å². The van der Waals surface area contributed by atoms with Crippen molar-refractivity contribution >= 4 is 5.82 Å². The highest BCUT2D eigenvalue weighted by Crippen LogP contribution is 2.38. The molecule has 104 valence electrons. The third-order valence-corrected chi connectivity index (χ3v) is 4.04. The monoisotopic (exact) mass is 268 g/mol. The lowest BCUT2D eigenvalue weighted by Crippen LogP contribution is -2.12. The average molecular weight is 268 g/mol. The standard InChI is InChI=1S/C16H20N4/c1-9(2)16-19-13(10(3)15(17)20-16)12-7-6-11-5-4-8-18-14(11)12/h4-5,8-9,12H,6-7H2,1-3H3,(H2,17,19,20). The third-order valence-electron chi connectivity index (χ3n) is 4.04. The molecule has 2 heterocycles. The first kappa shape index (κ1) is 13.0. The molecule has 1 atom stereocenters. The molecular formula is C16H20N4. The molecule has 0 aromatic carbocycles. The smallest absolute Gasteiger partial charge is 0.133 e. The van der Waals surface area contributed by atoms with E-state index in [0.717, 1.165) is 35.6 Å². The van der Waals surface area contributed by atoms with Gasteiger partial charge >= 0.3 is 0 Å². The molecule has 4 nitrogen and oxygen atoms in total. The summed E-state index contributed by atoms with van der Waals surface area (Å²) in [4.78, 5) is 13.8. The number of nitrogens with zero attached hydrogens (tertiary/aromatic N) is 3. The number of hydrogen-bond donors (Lipinski definition) is 1. The fourth-order valence-corrected chi connectivity index (χ4v) is 2.85. The number of hydrogen-bond acceptors (Lipinski definition) is 4. The zero-order valence-corrected chi connectivity index (χ0v) is 12.2. The van der Waals surface area contributed by atoms with Crippen molar-refractivity contribution < 1.29 is 0 Å². The van der Waals surface area contributed by atoms with Crippen LogP contribution < -0.4 is 5.73 Å². The van der Waals surface area contributed by atoms with Crippen molar-refractivity contribution in [2.75, 3.05) is 5.73 Å². The van der Waals surface area contributed by atoms with E-state index >= 15 is 0 Å². The van der Waals surface area contributed by atoms with Crippen LogP contribution in [-0.2, 0) is 6.42 Å². The van der Waals surface area contributed by atoms with Crippen LogP contribution in [0.3, 0.4) is 0 Å². The zero-order valence-electron chi connectivity index (χ0n) is 12.2. The van der Waals surface area contributed by atoms with Gasteiger partial charge < -0.3 is 5.73 Å². The first-order valence-electron chi connectivity index (χ1n) is 7.15. The molecule has 2 aromatic heterocycles. The van der Waals surface area contributed by atoms with Crippen LogP contribution in [0, 0.1) is 6.92 Å². The van der Waals surface area contributed by atoms with Gasteiger partial charge in [-0.3, -0.25) is 4.98 Å². The highest BCUT2D eigenvalue weighted by Gasteiger charge is 2.29. The van der Waals surface area contributed by atoms with E-state index in [1.54, 1.807) is 0 Å². The predicted molar refractivity (Wildman–Crippen MR) is 79.7 cm³/mol. The Morgan fingerprint density at radius 3 is 2.80 bits per heavy atom.